The van der Waals surface area contributed by atoms with Gasteiger partial charge in [-0.1, -0.05) is 18.2 Å². The van der Waals surface area contributed by atoms with Crippen LogP contribution in [0.15, 0.2) is 41.3 Å². The smallest absolute Gasteiger partial charge is 0.294 e. The Hall–Kier alpha value is -3.70. The molecule has 2 aromatic carbocycles. The minimum Gasteiger partial charge on any atom is -0.378 e. The lowest BCUT2D eigenvalue weighted by Gasteiger charge is -2.28. The third-order valence-corrected chi connectivity index (χ3v) is 6.60. The van der Waals surface area contributed by atoms with E-state index in [1.165, 1.54) is 12.1 Å². The van der Waals surface area contributed by atoms with Crippen LogP contribution in [0.2, 0.25) is 0 Å². The number of carbonyl (C=O) groups excluding carboxylic acids is 3. The molecule has 2 aromatic rings. The molecule has 0 spiro atoms. The molecule has 2 fully saturated rings. The second kappa shape index (κ2) is 10.3. The van der Waals surface area contributed by atoms with Crippen molar-refractivity contribution in [2.75, 3.05) is 43.1 Å². The van der Waals surface area contributed by atoms with Gasteiger partial charge in [-0.15, -0.1) is 0 Å². The van der Waals surface area contributed by atoms with Crippen LogP contribution in [0.3, 0.4) is 0 Å². The Bertz CT molecular complexity index is 1240. The molecule has 0 radical (unpaired) electrons. The van der Waals surface area contributed by atoms with Gasteiger partial charge in [-0.3, -0.25) is 29.4 Å². The minimum absolute atomic E-state index is 0.0900. The van der Waals surface area contributed by atoms with Gasteiger partial charge in [0.2, 0.25) is 5.91 Å². The predicted octanol–water partition coefficient (Wildman–Crippen LogP) is 3.72. The predicted molar refractivity (Wildman–Crippen MR) is 133 cm³/mol. The lowest BCUT2D eigenvalue weighted by Crippen LogP contribution is -2.36. The SMILES string of the molecule is Cc1ccc(C)c(NC(=O)CN2C(=O)S/C(=C\c3ccc(N4CCOCC4)c([N+](=O)[O-])c3)C2=O)c1. The van der Waals surface area contributed by atoms with Crippen molar-refractivity contribution in [2.24, 2.45) is 0 Å². The number of ether oxygens (including phenoxy) is 1. The maximum Gasteiger partial charge on any atom is 0.294 e. The van der Waals surface area contributed by atoms with Crippen LogP contribution < -0.4 is 10.2 Å². The molecule has 182 valence electrons. The maximum atomic E-state index is 12.8. The molecule has 2 saturated heterocycles. The monoisotopic (exact) mass is 496 g/mol. The molecule has 0 aliphatic carbocycles. The number of aryl methyl sites for hydroxylation is 2. The molecule has 0 saturated carbocycles. The Labute approximate surface area is 206 Å². The average molecular weight is 497 g/mol. The van der Waals surface area contributed by atoms with Gasteiger partial charge in [0.05, 0.1) is 23.0 Å². The number of imide groups is 1. The number of amides is 3. The molecule has 4 rings (SSSR count). The first kappa shape index (κ1) is 24.4. The Kier molecular flexibility index (Phi) is 7.17. The van der Waals surface area contributed by atoms with Crippen LogP contribution in [0.5, 0.6) is 0 Å². The van der Waals surface area contributed by atoms with E-state index in [2.05, 4.69) is 5.32 Å². The number of nitrogens with one attached hydrogen (secondary N) is 1. The Morgan fingerprint density at radius 3 is 2.63 bits per heavy atom. The number of anilines is 2. The molecule has 1 N–H and O–H groups in total. The van der Waals surface area contributed by atoms with Gasteiger partial charge in [-0.25, -0.2) is 0 Å². The summed E-state index contributed by atoms with van der Waals surface area (Å²) < 4.78 is 5.31. The van der Waals surface area contributed by atoms with E-state index in [1.807, 2.05) is 36.9 Å². The summed E-state index contributed by atoms with van der Waals surface area (Å²) in [5.41, 5.74) is 3.25. The van der Waals surface area contributed by atoms with Crippen LogP contribution >= 0.6 is 11.8 Å². The maximum absolute atomic E-state index is 12.8. The van der Waals surface area contributed by atoms with E-state index in [-0.39, 0.29) is 10.6 Å². The summed E-state index contributed by atoms with van der Waals surface area (Å²) in [6.07, 6.45) is 1.43. The van der Waals surface area contributed by atoms with E-state index >= 15 is 0 Å². The van der Waals surface area contributed by atoms with Crippen LogP contribution in [0.25, 0.3) is 6.08 Å². The van der Waals surface area contributed by atoms with Crippen LogP contribution in [-0.4, -0.2) is 59.7 Å². The number of thioether (sulfide) groups is 1. The van der Waals surface area contributed by atoms with E-state index in [0.29, 0.717) is 55.0 Å². The fourth-order valence-corrected chi connectivity index (χ4v) is 4.68. The molecular formula is C24H24N4O6S. The zero-order valence-corrected chi connectivity index (χ0v) is 20.1. The minimum atomic E-state index is -0.615. The lowest BCUT2D eigenvalue weighted by atomic mass is 10.1. The van der Waals surface area contributed by atoms with Gasteiger partial charge in [-0.05, 0) is 60.5 Å². The van der Waals surface area contributed by atoms with Crippen molar-refractivity contribution in [2.45, 2.75) is 13.8 Å². The zero-order chi connectivity index (χ0) is 25.1. The molecular weight excluding hydrogens is 472 g/mol. The molecule has 0 atom stereocenters. The second-order valence-corrected chi connectivity index (χ2v) is 9.23. The van der Waals surface area contributed by atoms with Gasteiger partial charge < -0.3 is 15.0 Å². The van der Waals surface area contributed by atoms with Gasteiger partial charge >= 0.3 is 0 Å². The van der Waals surface area contributed by atoms with Crippen molar-refractivity contribution in [1.29, 1.82) is 0 Å². The third-order valence-electron chi connectivity index (χ3n) is 5.69. The zero-order valence-electron chi connectivity index (χ0n) is 19.3. The van der Waals surface area contributed by atoms with Crippen molar-refractivity contribution in [1.82, 2.24) is 4.90 Å². The molecule has 2 aliphatic heterocycles. The summed E-state index contributed by atoms with van der Waals surface area (Å²) in [5, 5.41) is 13.9. The highest BCUT2D eigenvalue weighted by atomic mass is 32.2. The number of nitrogens with zero attached hydrogens (tertiary/aromatic N) is 3. The number of morpholine rings is 1. The van der Waals surface area contributed by atoms with Gasteiger partial charge in [-0.2, -0.15) is 0 Å². The summed E-state index contributed by atoms with van der Waals surface area (Å²) in [6, 6.07) is 10.3. The van der Waals surface area contributed by atoms with E-state index in [1.54, 1.807) is 12.1 Å². The Morgan fingerprint density at radius 2 is 1.91 bits per heavy atom. The van der Waals surface area contributed by atoms with Crippen LogP contribution in [0.4, 0.5) is 21.9 Å². The summed E-state index contributed by atoms with van der Waals surface area (Å²) in [7, 11) is 0. The molecule has 2 aliphatic rings. The number of hydrogen-bond acceptors (Lipinski definition) is 8. The third kappa shape index (κ3) is 5.52. The Balaban J connectivity index is 1.50. The van der Waals surface area contributed by atoms with Crippen LogP contribution in [-0.2, 0) is 14.3 Å². The van der Waals surface area contributed by atoms with Gasteiger partial charge in [0.15, 0.2) is 0 Å². The van der Waals surface area contributed by atoms with Crippen molar-refractivity contribution in [3.8, 4) is 0 Å². The fourth-order valence-electron chi connectivity index (χ4n) is 3.84. The lowest BCUT2D eigenvalue weighted by molar-refractivity contribution is -0.384. The van der Waals surface area contributed by atoms with E-state index < -0.39 is 28.5 Å². The van der Waals surface area contributed by atoms with Crippen molar-refractivity contribution < 1.29 is 24.0 Å². The van der Waals surface area contributed by atoms with Gasteiger partial charge in [0.1, 0.15) is 12.2 Å². The molecule has 11 heteroatoms. The van der Waals surface area contributed by atoms with E-state index in [9.17, 15) is 24.5 Å². The normalized spacial score (nSPS) is 17.3. The number of nitro benzene ring substituents is 1. The molecule has 3 amide bonds. The number of carbonyl (C=O) groups is 3. The number of benzene rings is 2. The molecule has 0 bridgehead atoms. The first-order chi connectivity index (χ1) is 16.7. The average Bonchev–Trinajstić information content (AvgIpc) is 3.09. The molecule has 0 unspecified atom stereocenters. The second-order valence-electron chi connectivity index (χ2n) is 8.24. The molecule has 35 heavy (non-hydrogen) atoms. The van der Waals surface area contributed by atoms with Gasteiger partial charge in [0, 0.05) is 24.8 Å². The Morgan fingerprint density at radius 1 is 1.17 bits per heavy atom. The summed E-state index contributed by atoms with van der Waals surface area (Å²) >= 11 is 0.699. The first-order valence-electron chi connectivity index (χ1n) is 11.0. The van der Waals surface area contributed by atoms with Crippen molar-refractivity contribution >= 4 is 52.0 Å². The molecule has 0 aromatic heterocycles. The highest BCUT2D eigenvalue weighted by Crippen LogP contribution is 2.35. The topological polar surface area (TPSA) is 122 Å². The van der Waals surface area contributed by atoms with Crippen molar-refractivity contribution in [3.05, 3.63) is 68.1 Å². The number of hydrogen-bond donors (Lipinski definition) is 1. The molecule has 10 nitrogen and oxygen atoms in total. The number of nitro groups is 1. The molecule has 2 heterocycles. The largest absolute Gasteiger partial charge is 0.378 e. The van der Waals surface area contributed by atoms with Crippen LogP contribution in [0, 0.1) is 24.0 Å². The number of rotatable bonds is 6. The van der Waals surface area contributed by atoms with Gasteiger partial charge in [0.25, 0.3) is 16.8 Å². The van der Waals surface area contributed by atoms with Crippen molar-refractivity contribution in [3.63, 3.8) is 0 Å². The highest BCUT2D eigenvalue weighted by Gasteiger charge is 2.36. The summed E-state index contributed by atoms with van der Waals surface area (Å²) in [4.78, 5) is 51.9. The summed E-state index contributed by atoms with van der Waals surface area (Å²) in [6.45, 7) is 5.39. The quantitative estimate of drug-likeness (QED) is 0.365. The highest BCUT2D eigenvalue weighted by molar-refractivity contribution is 8.18. The van der Waals surface area contributed by atoms with Crippen LogP contribution in [0.1, 0.15) is 16.7 Å². The fraction of sp³-hybridized carbons (Fsp3) is 0.292. The van der Waals surface area contributed by atoms with E-state index in [0.717, 1.165) is 16.0 Å². The van der Waals surface area contributed by atoms with E-state index in [4.69, 9.17) is 4.74 Å². The standard InChI is InChI=1S/C24H24N4O6S/c1-15-3-4-16(2)18(11-15)25-22(29)14-27-23(30)21(35-24(27)31)13-17-5-6-19(20(12-17)28(32)33)26-7-9-34-10-8-26/h3-6,11-13H,7-10,14H2,1-2H3,(H,25,29)/b21-13-. The summed E-state index contributed by atoms with van der Waals surface area (Å²) in [5.74, 6) is -1.11. The first-order valence-corrected chi connectivity index (χ1v) is 11.8.